The van der Waals surface area contributed by atoms with E-state index in [0.29, 0.717) is 5.76 Å². The summed E-state index contributed by atoms with van der Waals surface area (Å²) in [5, 5.41) is 6.05. The van der Waals surface area contributed by atoms with Crippen molar-refractivity contribution in [2.75, 3.05) is 0 Å². The number of nitrogens with zero attached hydrogens (tertiary/aromatic N) is 1. The van der Waals surface area contributed by atoms with Crippen molar-refractivity contribution in [1.29, 1.82) is 0 Å². The molecule has 0 fully saturated rings. The van der Waals surface area contributed by atoms with Gasteiger partial charge >= 0.3 is 11.8 Å². The van der Waals surface area contributed by atoms with Crippen LogP contribution < -0.4 is 10.7 Å². The molecule has 6 heteroatoms. The van der Waals surface area contributed by atoms with Crippen LogP contribution in [0.3, 0.4) is 0 Å². The number of hydrogen-bond acceptors (Lipinski definition) is 4. The third kappa shape index (κ3) is 4.50. The number of amides is 2. The molecule has 0 aliphatic heterocycles. The average molecular weight is 237 g/mol. The molecule has 0 saturated heterocycles. The number of nitrogens with one attached hydrogen (secondary N) is 2. The van der Waals surface area contributed by atoms with Crippen LogP contribution in [0.5, 0.6) is 0 Å². The minimum atomic E-state index is -0.807. The van der Waals surface area contributed by atoms with E-state index in [0.717, 1.165) is 5.76 Å². The second-order valence-corrected chi connectivity index (χ2v) is 3.78. The van der Waals surface area contributed by atoms with Crippen LogP contribution in [0.15, 0.2) is 21.7 Å². The highest BCUT2D eigenvalue weighted by molar-refractivity contribution is 6.35. The maximum Gasteiger partial charge on any atom is 0.329 e. The standard InChI is InChI=1S/C11H15N3O3/c1-7(2)13-10(15)11(16)14-12-6-9-5-4-8(3)17-9/h4-7H,1-3H3,(H,13,15)(H,14,16)/b12-6-. The SMILES string of the molecule is Cc1ccc(/C=N\NC(=O)C(=O)NC(C)C)o1. The van der Waals surface area contributed by atoms with Crippen molar-refractivity contribution in [1.82, 2.24) is 10.7 Å². The second kappa shape index (κ2) is 5.83. The predicted molar refractivity (Wildman–Crippen MR) is 62.5 cm³/mol. The number of furan rings is 1. The van der Waals surface area contributed by atoms with Gasteiger partial charge in [-0.1, -0.05) is 0 Å². The summed E-state index contributed by atoms with van der Waals surface area (Å²) in [5.74, 6) is -0.270. The molecule has 0 radical (unpaired) electrons. The van der Waals surface area contributed by atoms with Crippen molar-refractivity contribution in [3.8, 4) is 0 Å². The molecule has 1 rings (SSSR count). The zero-order chi connectivity index (χ0) is 12.8. The van der Waals surface area contributed by atoms with E-state index in [1.165, 1.54) is 6.21 Å². The van der Waals surface area contributed by atoms with Crippen molar-refractivity contribution in [3.05, 3.63) is 23.7 Å². The summed E-state index contributed by atoms with van der Waals surface area (Å²) in [6, 6.07) is 3.39. The van der Waals surface area contributed by atoms with E-state index in [9.17, 15) is 9.59 Å². The van der Waals surface area contributed by atoms with Gasteiger partial charge in [0.15, 0.2) is 0 Å². The van der Waals surface area contributed by atoms with E-state index >= 15 is 0 Å². The second-order valence-electron chi connectivity index (χ2n) is 3.78. The first kappa shape index (κ1) is 13.0. The summed E-state index contributed by atoms with van der Waals surface area (Å²) < 4.78 is 5.19. The van der Waals surface area contributed by atoms with Gasteiger partial charge in [-0.2, -0.15) is 5.10 Å². The number of rotatable bonds is 3. The van der Waals surface area contributed by atoms with E-state index in [1.54, 1.807) is 32.9 Å². The van der Waals surface area contributed by atoms with E-state index in [1.807, 2.05) is 0 Å². The predicted octanol–water partition coefficient (Wildman–Crippen LogP) is 0.563. The Balaban J connectivity index is 2.42. The maximum absolute atomic E-state index is 11.2. The summed E-state index contributed by atoms with van der Waals surface area (Å²) >= 11 is 0. The Labute approximate surface area is 99.1 Å². The van der Waals surface area contributed by atoms with Crippen molar-refractivity contribution in [2.45, 2.75) is 26.8 Å². The molecule has 0 spiro atoms. The Morgan fingerprint density at radius 2 is 2.06 bits per heavy atom. The number of carbonyl (C=O) groups excluding carboxylic acids is 2. The Kier molecular flexibility index (Phi) is 4.45. The average Bonchev–Trinajstić information content (AvgIpc) is 2.63. The molecule has 92 valence electrons. The topological polar surface area (TPSA) is 83.7 Å². The Morgan fingerprint density at radius 3 is 2.59 bits per heavy atom. The van der Waals surface area contributed by atoms with E-state index in [2.05, 4.69) is 15.8 Å². The molecular weight excluding hydrogens is 222 g/mol. The molecule has 6 nitrogen and oxygen atoms in total. The normalized spacial score (nSPS) is 10.8. The molecule has 1 aromatic heterocycles. The number of hydrazone groups is 1. The highest BCUT2D eigenvalue weighted by atomic mass is 16.3. The summed E-state index contributed by atoms with van der Waals surface area (Å²) in [5.41, 5.74) is 2.10. The molecule has 0 bridgehead atoms. The Bertz CT molecular complexity index is 435. The fourth-order valence-corrected chi connectivity index (χ4v) is 1.06. The number of aryl methyl sites for hydroxylation is 1. The fraction of sp³-hybridized carbons (Fsp3) is 0.364. The van der Waals surface area contributed by atoms with Crippen molar-refractivity contribution in [3.63, 3.8) is 0 Å². The van der Waals surface area contributed by atoms with Gasteiger partial charge in [-0.15, -0.1) is 0 Å². The van der Waals surface area contributed by atoms with Crippen LogP contribution in [-0.2, 0) is 9.59 Å². The summed E-state index contributed by atoms with van der Waals surface area (Å²) in [7, 11) is 0. The highest BCUT2D eigenvalue weighted by Gasteiger charge is 2.12. The van der Waals surface area contributed by atoms with Crippen LogP contribution >= 0.6 is 0 Å². The fourth-order valence-electron chi connectivity index (χ4n) is 1.06. The molecular formula is C11H15N3O3. The first-order valence-electron chi connectivity index (χ1n) is 5.19. The number of hydrogen-bond donors (Lipinski definition) is 2. The first-order valence-corrected chi connectivity index (χ1v) is 5.19. The first-order chi connectivity index (χ1) is 7.99. The molecule has 0 aliphatic carbocycles. The molecule has 1 heterocycles. The monoisotopic (exact) mass is 237 g/mol. The van der Waals surface area contributed by atoms with E-state index in [4.69, 9.17) is 4.42 Å². The third-order valence-corrected chi connectivity index (χ3v) is 1.75. The van der Waals surface area contributed by atoms with E-state index in [-0.39, 0.29) is 6.04 Å². The van der Waals surface area contributed by atoms with Crippen LogP contribution in [0, 0.1) is 6.92 Å². The lowest BCUT2D eigenvalue weighted by Crippen LogP contribution is -2.41. The van der Waals surface area contributed by atoms with Crippen LogP contribution in [-0.4, -0.2) is 24.1 Å². The summed E-state index contributed by atoms with van der Waals surface area (Å²) in [6.07, 6.45) is 1.33. The van der Waals surface area contributed by atoms with Crippen molar-refractivity contribution < 1.29 is 14.0 Å². The van der Waals surface area contributed by atoms with Crippen LogP contribution in [0.2, 0.25) is 0 Å². The third-order valence-electron chi connectivity index (χ3n) is 1.75. The zero-order valence-corrected chi connectivity index (χ0v) is 9.98. The molecule has 0 aromatic carbocycles. The minimum Gasteiger partial charge on any atom is -0.460 e. The van der Waals surface area contributed by atoms with Gasteiger partial charge in [-0.25, -0.2) is 5.43 Å². The lowest BCUT2D eigenvalue weighted by atomic mass is 10.4. The lowest BCUT2D eigenvalue weighted by molar-refractivity contribution is -0.139. The Morgan fingerprint density at radius 1 is 1.35 bits per heavy atom. The van der Waals surface area contributed by atoms with Gasteiger partial charge in [0.2, 0.25) is 0 Å². The molecule has 0 aliphatic rings. The highest BCUT2D eigenvalue weighted by Crippen LogP contribution is 2.02. The van der Waals surface area contributed by atoms with Crippen LogP contribution in [0.1, 0.15) is 25.4 Å². The minimum absolute atomic E-state index is 0.0926. The molecule has 2 amide bonds. The van der Waals surface area contributed by atoms with Crippen LogP contribution in [0.4, 0.5) is 0 Å². The summed E-state index contributed by atoms with van der Waals surface area (Å²) in [4.78, 5) is 22.4. The van der Waals surface area contributed by atoms with E-state index < -0.39 is 11.8 Å². The lowest BCUT2D eigenvalue weighted by Gasteiger charge is -2.05. The molecule has 2 N–H and O–H groups in total. The molecule has 0 saturated carbocycles. The van der Waals surface area contributed by atoms with Crippen molar-refractivity contribution >= 4 is 18.0 Å². The maximum atomic E-state index is 11.2. The number of carbonyl (C=O) groups is 2. The van der Waals surface area contributed by atoms with Gasteiger partial charge in [0.1, 0.15) is 11.5 Å². The van der Waals surface area contributed by atoms with Gasteiger partial charge < -0.3 is 9.73 Å². The van der Waals surface area contributed by atoms with Gasteiger partial charge in [0.25, 0.3) is 0 Å². The Hall–Kier alpha value is -2.11. The molecule has 17 heavy (non-hydrogen) atoms. The largest absolute Gasteiger partial charge is 0.460 e. The quantitative estimate of drug-likeness (QED) is 0.458. The van der Waals surface area contributed by atoms with Gasteiger partial charge in [0.05, 0.1) is 6.21 Å². The summed E-state index contributed by atoms with van der Waals surface area (Å²) in [6.45, 7) is 5.33. The van der Waals surface area contributed by atoms with Gasteiger partial charge in [-0.05, 0) is 32.9 Å². The van der Waals surface area contributed by atoms with Crippen LogP contribution in [0.25, 0.3) is 0 Å². The van der Waals surface area contributed by atoms with Crippen molar-refractivity contribution in [2.24, 2.45) is 5.10 Å². The zero-order valence-electron chi connectivity index (χ0n) is 9.98. The van der Waals surface area contributed by atoms with Gasteiger partial charge in [0, 0.05) is 6.04 Å². The molecule has 0 atom stereocenters. The smallest absolute Gasteiger partial charge is 0.329 e. The molecule has 0 unspecified atom stereocenters. The van der Waals surface area contributed by atoms with Gasteiger partial charge in [-0.3, -0.25) is 9.59 Å². The molecule has 1 aromatic rings.